The number of halogens is 1. The molecule has 16 heavy (non-hydrogen) atoms. The largest absolute Gasteiger partial charge is 0.385 e. The molecule has 0 aliphatic heterocycles. The van der Waals surface area contributed by atoms with Crippen LogP contribution in [0.3, 0.4) is 0 Å². The molecule has 5 heteroatoms. The maximum absolute atomic E-state index is 13.1. The number of aromatic nitrogens is 2. The molecular formula is C11H11FN2O2. The standard InChI is InChI=1S/C11H11FN2O2/c1-6-3-4-8(12)5-9(6)11-13-10(7(2)15)14-16-11/h3-5,7,15H,1-2H3. The van der Waals surface area contributed by atoms with E-state index in [1.807, 2.05) is 6.92 Å². The highest BCUT2D eigenvalue weighted by Gasteiger charge is 2.14. The van der Waals surface area contributed by atoms with E-state index in [2.05, 4.69) is 10.1 Å². The first-order chi connectivity index (χ1) is 7.58. The van der Waals surface area contributed by atoms with Crippen molar-refractivity contribution >= 4 is 0 Å². The Morgan fingerprint density at radius 1 is 1.44 bits per heavy atom. The van der Waals surface area contributed by atoms with Gasteiger partial charge in [0.15, 0.2) is 5.82 Å². The van der Waals surface area contributed by atoms with Crippen molar-refractivity contribution in [3.63, 3.8) is 0 Å². The lowest BCUT2D eigenvalue weighted by atomic mass is 10.1. The molecule has 0 saturated heterocycles. The van der Waals surface area contributed by atoms with Gasteiger partial charge in [0.05, 0.1) is 0 Å². The van der Waals surface area contributed by atoms with E-state index in [9.17, 15) is 9.50 Å². The van der Waals surface area contributed by atoms with E-state index < -0.39 is 6.10 Å². The number of aliphatic hydroxyl groups is 1. The molecule has 0 fully saturated rings. The van der Waals surface area contributed by atoms with Crippen LogP contribution < -0.4 is 0 Å². The van der Waals surface area contributed by atoms with E-state index >= 15 is 0 Å². The molecule has 0 aliphatic rings. The van der Waals surface area contributed by atoms with Gasteiger partial charge in [-0.15, -0.1) is 0 Å². The van der Waals surface area contributed by atoms with Crippen molar-refractivity contribution in [1.82, 2.24) is 10.1 Å². The summed E-state index contributed by atoms with van der Waals surface area (Å²) >= 11 is 0. The van der Waals surface area contributed by atoms with E-state index in [4.69, 9.17) is 4.52 Å². The van der Waals surface area contributed by atoms with Crippen LogP contribution in [-0.2, 0) is 0 Å². The van der Waals surface area contributed by atoms with Crippen LogP contribution in [0.15, 0.2) is 22.7 Å². The van der Waals surface area contributed by atoms with E-state index in [-0.39, 0.29) is 17.5 Å². The minimum absolute atomic E-state index is 0.193. The number of nitrogens with zero attached hydrogens (tertiary/aromatic N) is 2. The van der Waals surface area contributed by atoms with E-state index in [1.54, 1.807) is 6.07 Å². The average Bonchev–Trinajstić information content (AvgIpc) is 2.70. The van der Waals surface area contributed by atoms with Crippen molar-refractivity contribution in [2.75, 3.05) is 0 Å². The normalized spacial score (nSPS) is 12.8. The molecule has 0 saturated carbocycles. The Bertz CT molecular complexity index is 508. The lowest BCUT2D eigenvalue weighted by Crippen LogP contribution is -1.93. The number of aliphatic hydroxyl groups excluding tert-OH is 1. The number of rotatable bonds is 2. The summed E-state index contributed by atoms with van der Waals surface area (Å²) in [4.78, 5) is 3.99. The fourth-order valence-electron chi connectivity index (χ4n) is 1.34. The topological polar surface area (TPSA) is 59.2 Å². The smallest absolute Gasteiger partial charge is 0.258 e. The lowest BCUT2D eigenvalue weighted by Gasteiger charge is -1.99. The number of hydrogen-bond acceptors (Lipinski definition) is 4. The molecule has 1 atom stereocenters. The zero-order valence-corrected chi connectivity index (χ0v) is 8.94. The summed E-state index contributed by atoms with van der Waals surface area (Å²) in [5.41, 5.74) is 1.38. The molecule has 1 N–H and O–H groups in total. The van der Waals surface area contributed by atoms with E-state index in [0.717, 1.165) is 5.56 Å². The highest BCUT2D eigenvalue weighted by atomic mass is 19.1. The molecule has 0 spiro atoms. The predicted octanol–water partition coefficient (Wildman–Crippen LogP) is 2.24. The van der Waals surface area contributed by atoms with E-state index in [0.29, 0.717) is 5.56 Å². The molecule has 4 nitrogen and oxygen atoms in total. The van der Waals surface area contributed by atoms with Crippen LogP contribution in [0.4, 0.5) is 4.39 Å². The maximum atomic E-state index is 13.1. The fourth-order valence-corrected chi connectivity index (χ4v) is 1.34. The molecule has 1 aromatic carbocycles. The summed E-state index contributed by atoms with van der Waals surface area (Å²) in [7, 11) is 0. The quantitative estimate of drug-likeness (QED) is 0.846. The number of hydrogen-bond donors (Lipinski definition) is 1. The van der Waals surface area contributed by atoms with Gasteiger partial charge in [0.1, 0.15) is 11.9 Å². The Morgan fingerprint density at radius 2 is 2.19 bits per heavy atom. The first-order valence-corrected chi connectivity index (χ1v) is 4.86. The van der Waals surface area contributed by atoms with Crippen LogP contribution in [0.2, 0.25) is 0 Å². The van der Waals surface area contributed by atoms with Crippen molar-refractivity contribution in [3.05, 3.63) is 35.4 Å². The molecule has 0 aliphatic carbocycles. The molecule has 0 radical (unpaired) electrons. The van der Waals surface area contributed by atoms with Crippen LogP contribution >= 0.6 is 0 Å². The van der Waals surface area contributed by atoms with Gasteiger partial charge in [0.2, 0.25) is 0 Å². The van der Waals surface area contributed by atoms with Crippen molar-refractivity contribution in [3.8, 4) is 11.5 Å². The second-order valence-electron chi connectivity index (χ2n) is 3.59. The Hall–Kier alpha value is -1.75. The van der Waals surface area contributed by atoms with Crippen LogP contribution in [0.25, 0.3) is 11.5 Å². The highest BCUT2D eigenvalue weighted by molar-refractivity contribution is 5.58. The summed E-state index contributed by atoms with van der Waals surface area (Å²) in [6, 6.07) is 4.33. The van der Waals surface area contributed by atoms with Gasteiger partial charge in [0, 0.05) is 5.56 Å². The van der Waals surface area contributed by atoms with Gasteiger partial charge < -0.3 is 9.63 Å². The first kappa shape index (κ1) is 10.8. The third-order valence-electron chi connectivity index (χ3n) is 2.25. The van der Waals surface area contributed by atoms with Gasteiger partial charge in [-0.1, -0.05) is 11.2 Å². The molecule has 1 aromatic heterocycles. The summed E-state index contributed by atoms with van der Waals surface area (Å²) < 4.78 is 18.0. The monoisotopic (exact) mass is 222 g/mol. The molecule has 1 heterocycles. The zero-order valence-electron chi connectivity index (χ0n) is 8.94. The highest BCUT2D eigenvalue weighted by Crippen LogP contribution is 2.23. The lowest BCUT2D eigenvalue weighted by molar-refractivity contribution is 0.184. The van der Waals surface area contributed by atoms with Gasteiger partial charge >= 0.3 is 0 Å². The van der Waals surface area contributed by atoms with Crippen molar-refractivity contribution in [2.45, 2.75) is 20.0 Å². The Balaban J connectivity index is 2.46. The molecule has 1 unspecified atom stereocenters. The van der Waals surface area contributed by atoms with Crippen LogP contribution in [0.5, 0.6) is 0 Å². The van der Waals surface area contributed by atoms with Crippen LogP contribution in [-0.4, -0.2) is 15.2 Å². The van der Waals surface area contributed by atoms with Gasteiger partial charge in [-0.25, -0.2) is 4.39 Å². The van der Waals surface area contributed by atoms with Crippen molar-refractivity contribution in [2.24, 2.45) is 0 Å². The van der Waals surface area contributed by atoms with Crippen LogP contribution in [0.1, 0.15) is 24.4 Å². The third-order valence-corrected chi connectivity index (χ3v) is 2.25. The van der Waals surface area contributed by atoms with Crippen molar-refractivity contribution < 1.29 is 14.0 Å². The van der Waals surface area contributed by atoms with Crippen molar-refractivity contribution in [1.29, 1.82) is 0 Å². The minimum Gasteiger partial charge on any atom is -0.385 e. The second-order valence-corrected chi connectivity index (χ2v) is 3.59. The third kappa shape index (κ3) is 1.94. The predicted molar refractivity (Wildman–Crippen MR) is 55.1 cm³/mol. The van der Waals surface area contributed by atoms with Gasteiger partial charge in [-0.3, -0.25) is 0 Å². The molecule has 0 bridgehead atoms. The van der Waals surface area contributed by atoms with E-state index in [1.165, 1.54) is 19.1 Å². The van der Waals surface area contributed by atoms with Gasteiger partial charge in [0.25, 0.3) is 5.89 Å². The summed E-state index contributed by atoms with van der Waals surface area (Å²) in [5.74, 6) is 0.0453. The summed E-state index contributed by atoms with van der Waals surface area (Å²) in [6.07, 6.45) is -0.800. The zero-order chi connectivity index (χ0) is 11.7. The average molecular weight is 222 g/mol. The Kier molecular flexibility index (Phi) is 2.70. The van der Waals surface area contributed by atoms with Gasteiger partial charge in [-0.2, -0.15) is 4.98 Å². The second kappa shape index (κ2) is 4.02. The Labute approximate surface area is 91.7 Å². The molecule has 0 amide bonds. The molecule has 2 aromatic rings. The SMILES string of the molecule is Cc1ccc(F)cc1-c1nc(C(C)O)no1. The maximum Gasteiger partial charge on any atom is 0.258 e. The fraction of sp³-hybridized carbons (Fsp3) is 0.273. The first-order valence-electron chi connectivity index (χ1n) is 4.86. The minimum atomic E-state index is -0.800. The van der Waals surface area contributed by atoms with Gasteiger partial charge in [-0.05, 0) is 31.5 Å². The molecule has 84 valence electrons. The van der Waals surface area contributed by atoms with Crippen LogP contribution in [0, 0.1) is 12.7 Å². The molecule has 2 rings (SSSR count). The number of aryl methyl sites for hydroxylation is 1. The summed E-state index contributed by atoms with van der Waals surface area (Å²) in [5, 5.41) is 12.9. The molecular weight excluding hydrogens is 211 g/mol. The Morgan fingerprint density at radius 3 is 2.81 bits per heavy atom. The summed E-state index contributed by atoms with van der Waals surface area (Å²) in [6.45, 7) is 3.36. The number of benzene rings is 1.